The molecule has 0 bridgehead atoms. The third-order valence-corrected chi connectivity index (χ3v) is 3.05. The highest BCUT2D eigenvalue weighted by Crippen LogP contribution is 2.23. The molecule has 13 heavy (non-hydrogen) atoms. The highest BCUT2D eigenvalue weighted by Gasteiger charge is 2.06. The zero-order valence-corrected chi connectivity index (χ0v) is 8.85. The molecule has 0 fully saturated rings. The molecule has 2 rings (SSSR count). The summed E-state index contributed by atoms with van der Waals surface area (Å²) in [5, 5.41) is 2.13. The topological polar surface area (TPSA) is 25.8 Å². The lowest BCUT2D eigenvalue weighted by Crippen LogP contribution is -1.96. The van der Waals surface area contributed by atoms with Crippen LogP contribution in [-0.2, 0) is 0 Å². The standard InChI is InChI=1S/C10H12N2S/c1-6(2)10-11-4-8-9(12-10)7(3)5-13-8/h4-6H,1-3H3. The van der Waals surface area contributed by atoms with Gasteiger partial charge in [-0.3, -0.25) is 0 Å². The molecule has 0 unspecified atom stereocenters. The summed E-state index contributed by atoms with van der Waals surface area (Å²) < 4.78 is 1.18. The van der Waals surface area contributed by atoms with Gasteiger partial charge in [-0.05, 0) is 17.9 Å². The molecule has 0 atom stereocenters. The summed E-state index contributed by atoms with van der Waals surface area (Å²) >= 11 is 1.71. The first-order valence-electron chi connectivity index (χ1n) is 4.39. The summed E-state index contributed by atoms with van der Waals surface area (Å²) in [7, 11) is 0. The molecule has 0 aliphatic rings. The molecule has 2 nitrogen and oxygen atoms in total. The van der Waals surface area contributed by atoms with Gasteiger partial charge >= 0.3 is 0 Å². The first-order chi connectivity index (χ1) is 6.18. The van der Waals surface area contributed by atoms with E-state index in [-0.39, 0.29) is 0 Å². The van der Waals surface area contributed by atoms with Crippen LogP contribution in [-0.4, -0.2) is 9.97 Å². The molecule has 0 aliphatic heterocycles. The first-order valence-corrected chi connectivity index (χ1v) is 5.27. The van der Waals surface area contributed by atoms with E-state index in [2.05, 4.69) is 36.1 Å². The Morgan fingerprint density at radius 3 is 2.85 bits per heavy atom. The first kappa shape index (κ1) is 8.63. The number of hydrogen-bond acceptors (Lipinski definition) is 3. The van der Waals surface area contributed by atoms with Crippen molar-refractivity contribution in [3.8, 4) is 0 Å². The molecule has 0 amide bonds. The van der Waals surface area contributed by atoms with Crippen LogP contribution >= 0.6 is 11.3 Å². The smallest absolute Gasteiger partial charge is 0.131 e. The van der Waals surface area contributed by atoms with Gasteiger partial charge in [0.15, 0.2) is 0 Å². The summed E-state index contributed by atoms with van der Waals surface area (Å²) in [6, 6.07) is 0. The molecule has 3 heteroatoms. The fourth-order valence-electron chi connectivity index (χ4n) is 1.24. The van der Waals surface area contributed by atoms with Crippen LogP contribution < -0.4 is 0 Å². The number of nitrogens with zero attached hydrogens (tertiary/aromatic N) is 2. The Hall–Kier alpha value is -0.960. The number of aryl methyl sites for hydroxylation is 1. The number of hydrogen-bond donors (Lipinski definition) is 0. The van der Waals surface area contributed by atoms with Crippen LogP contribution in [0.2, 0.25) is 0 Å². The molecular formula is C10H12N2S. The second-order valence-electron chi connectivity index (χ2n) is 3.51. The Morgan fingerprint density at radius 1 is 1.38 bits per heavy atom. The van der Waals surface area contributed by atoms with Crippen molar-refractivity contribution < 1.29 is 0 Å². The largest absolute Gasteiger partial charge is 0.240 e. The Morgan fingerprint density at radius 2 is 2.15 bits per heavy atom. The lowest BCUT2D eigenvalue weighted by Gasteiger charge is -2.02. The van der Waals surface area contributed by atoms with Crippen molar-refractivity contribution in [3.05, 3.63) is 23.0 Å². The van der Waals surface area contributed by atoms with E-state index in [0.29, 0.717) is 5.92 Å². The third-order valence-electron chi connectivity index (χ3n) is 2.03. The van der Waals surface area contributed by atoms with Gasteiger partial charge in [0.25, 0.3) is 0 Å². The van der Waals surface area contributed by atoms with Crippen molar-refractivity contribution in [1.82, 2.24) is 9.97 Å². The maximum atomic E-state index is 4.53. The zero-order valence-electron chi connectivity index (χ0n) is 8.03. The fraction of sp³-hybridized carbons (Fsp3) is 0.400. The molecular weight excluding hydrogens is 180 g/mol. The predicted octanol–water partition coefficient (Wildman–Crippen LogP) is 3.12. The van der Waals surface area contributed by atoms with Crippen molar-refractivity contribution in [1.29, 1.82) is 0 Å². The summed E-state index contributed by atoms with van der Waals surface area (Å²) in [6.07, 6.45) is 1.93. The Labute approximate surface area is 81.7 Å². The van der Waals surface area contributed by atoms with Crippen LogP contribution in [0.1, 0.15) is 31.2 Å². The van der Waals surface area contributed by atoms with Crippen molar-refractivity contribution in [2.45, 2.75) is 26.7 Å². The quantitative estimate of drug-likeness (QED) is 0.693. The normalized spacial score (nSPS) is 11.4. The van der Waals surface area contributed by atoms with Crippen molar-refractivity contribution in [3.63, 3.8) is 0 Å². The van der Waals surface area contributed by atoms with Gasteiger partial charge < -0.3 is 0 Å². The van der Waals surface area contributed by atoms with Crippen LogP contribution in [0.3, 0.4) is 0 Å². The van der Waals surface area contributed by atoms with Gasteiger partial charge in [0.2, 0.25) is 0 Å². The molecule has 68 valence electrons. The molecule has 0 aromatic carbocycles. The van der Waals surface area contributed by atoms with E-state index in [1.54, 1.807) is 11.3 Å². The van der Waals surface area contributed by atoms with Gasteiger partial charge in [0.05, 0.1) is 10.2 Å². The molecule has 0 spiro atoms. The lowest BCUT2D eigenvalue weighted by atomic mass is 10.2. The highest BCUT2D eigenvalue weighted by molar-refractivity contribution is 7.17. The Kier molecular flexibility index (Phi) is 2.04. The lowest BCUT2D eigenvalue weighted by molar-refractivity contribution is 0.783. The van der Waals surface area contributed by atoms with Gasteiger partial charge in [0, 0.05) is 12.1 Å². The van der Waals surface area contributed by atoms with E-state index in [0.717, 1.165) is 11.3 Å². The van der Waals surface area contributed by atoms with E-state index in [1.807, 2.05) is 6.20 Å². The van der Waals surface area contributed by atoms with Gasteiger partial charge in [-0.2, -0.15) is 0 Å². The zero-order chi connectivity index (χ0) is 9.42. The van der Waals surface area contributed by atoms with Gasteiger partial charge in [-0.1, -0.05) is 13.8 Å². The molecule has 0 aliphatic carbocycles. The van der Waals surface area contributed by atoms with E-state index < -0.39 is 0 Å². The van der Waals surface area contributed by atoms with Crippen molar-refractivity contribution >= 4 is 21.6 Å². The van der Waals surface area contributed by atoms with Crippen molar-refractivity contribution in [2.24, 2.45) is 0 Å². The van der Waals surface area contributed by atoms with Crippen molar-refractivity contribution in [2.75, 3.05) is 0 Å². The Balaban J connectivity index is 2.66. The average Bonchev–Trinajstić information content (AvgIpc) is 2.47. The fourth-order valence-corrected chi connectivity index (χ4v) is 2.09. The monoisotopic (exact) mass is 192 g/mol. The Bertz CT molecular complexity index is 431. The van der Waals surface area contributed by atoms with Gasteiger partial charge in [0.1, 0.15) is 5.82 Å². The van der Waals surface area contributed by atoms with Crippen LogP contribution in [0.15, 0.2) is 11.6 Å². The maximum Gasteiger partial charge on any atom is 0.131 e. The molecule has 2 heterocycles. The number of aromatic nitrogens is 2. The molecule has 0 radical (unpaired) electrons. The van der Waals surface area contributed by atoms with E-state index >= 15 is 0 Å². The molecule has 0 saturated carbocycles. The minimum Gasteiger partial charge on any atom is -0.240 e. The van der Waals surface area contributed by atoms with E-state index in [9.17, 15) is 0 Å². The minimum atomic E-state index is 0.406. The summed E-state index contributed by atoms with van der Waals surface area (Å²) in [4.78, 5) is 8.85. The third kappa shape index (κ3) is 1.44. The summed E-state index contributed by atoms with van der Waals surface area (Å²) in [5.41, 5.74) is 2.37. The number of thiophene rings is 1. The number of rotatable bonds is 1. The molecule has 2 aromatic rings. The van der Waals surface area contributed by atoms with E-state index in [1.165, 1.54) is 10.3 Å². The molecule has 2 aromatic heterocycles. The van der Waals surface area contributed by atoms with Crippen LogP contribution in [0.4, 0.5) is 0 Å². The van der Waals surface area contributed by atoms with Gasteiger partial charge in [-0.15, -0.1) is 11.3 Å². The highest BCUT2D eigenvalue weighted by atomic mass is 32.1. The maximum absolute atomic E-state index is 4.53. The second-order valence-corrected chi connectivity index (χ2v) is 4.43. The van der Waals surface area contributed by atoms with Crippen LogP contribution in [0.25, 0.3) is 10.2 Å². The summed E-state index contributed by atoms with van der Waals surface area (Å²) in [5.74, 6) is 1.35. The van der Waals surface area contributed by atoms with Gasteiger partial charge in [-0.25, -0.2) is 9.97 Å². The minimum absolute atomic E-state index is 0.406. The van der Waals surface area contributed by atoms with Crippen LogP contribution in [0.5, 0.6) is 0 Å². The number of fused-ring (bicyclic) bond motifs is 1. The summed E-state index contributed by atoms with van der Waals surface area (Å²) in [6.45, 7) is 6.32. The van der Waals surface area contributed by atoms with Crippen LogP contribution in [0, 0.1) is 6.92 Å². The molecule has 0 N–H and O–H groups in total. The average molecular weight is 192 g/mol. The van der Waals surface area contributed by atoms with E-state index in [4.69, 9.17) is 0 Å². The molecule has 0 saturated heterocycles. The second kappa shape index (κ2) is 3.07. The predicted molar refractivity (Wildman–Crippen MR) is 56.2 cm³/mol. The SMILES string of the molecule is Cc1csc2cnc(C(C)C)nc12.